The monoisotopic (exact) mass is 422 g/mol. The highest BCUT2D eigenvalue weighted by Gasteiger charge is 2.30. The lowest BCUT2D eigenvalue weighted by Gasteiger charge is -2.30. The second-order valence-electron chi connectivity index (χ2n) is 7.51. The number of nitrogens with one attached hydrogen (secondary N) is 2. The number of morpholine rings is 1. The van der Waals surface area contributed by atoms with Gasteiger partial charge in [0.2, 0.25) is 5.91 Å². The fraction of sp³-hybridized carbons (Fsp3) is 0.450. The number of hydrogen-bond donors (Lipinski definition) is 2. The Hall–Kier alpha value is -3.01. The number of aryl methyl sites for hydroxylation is 1. The minimum absolute atomic E-state index is 0.104. The van der Waals surface area contributed by atoms with Gasteiger partial charge < -0.3 is 19.9 Å². The quantitative estimate of drug-likeness (QED) is 0.766. The summed E-state index contributed by atoms with van der Waals surface area (Å²) in [5.74, 6) is -2.89. The minimum Gasteiger partial charge on any atom is -0.378 e. The Bertz CT molecular complexity index is 1040. The molecule has 1 aliphatic heterocycles. The van der Waals surface area contributed by atoms with Crippen LogP contribution in [-0.2, 0) is 9.53 Å². The lowest BCUT2D eigenvalue weighted by Crippen LogP contribution is -2.49. The fourth-order valence-electron chi connectivity index (χ4n) is 3.62. The van der Waals surface area contributed by atoms with Crippen molar-refractivity contribution in [3.63, 3.8) is 0 Å². The van der Waals surface area contributed by atoms with E-state index >= 15 is 0 Å². The SMILES string of the molecule is Cc1[nH]c(=O)n(C(C(=O)Nc2cc(F)cc(F)c2)C(C)C)c(=O)c1N1CCOCC1. The van der Waals surface area contributed by atoms with Crippen LogP contribution in [0.5, 0.6) is 0 Å². The Kier molecular flexibility index (Phi) is 6.35. The van der Waals surface area contributed by atoms with E-state index in [1.54, 1.807) is 20.8 Å². The number of anilines is 2. The number of carbonyl (C=O) groups is 1. The van der Waals surface area contributed by atoms with Gasteiger partial charge in [-0.05, 0) is 25.0 Å². The molecule has 0 radical (unpaired) electrons. The van der Waals surface area contributed by atoms with Gasteiger partial charge in [-0.3, -0.25) is 9.59 Å². The molecular formula is C20H24F2N4O4. The largest absolute Gasteiger partial charge is 0.378 e. The Morgan fingerprint density at radius 2 is 1.73 bits per heavy atom. The smallest absolute Gasteiger partial charge is 0.329 e. The van der Waals surface area contributed by atoms with Crippen LogP contribution in [0, 0.1) is 24.5 Å². The molecule has 0 bridgehead atoms. The molecule has 30 heavy (non-hydrogen) atoms. The number of ether oxygens (including phenoxy) is 1. The zero-order chi connectivity index (χ0) is 22.0. The molecule has 0 saturated carbocycles. The highest BCUT2D eigenvalue weighted by atomic mass is 19.1. The molecule has 1 fully saturated rings. The van der Waals surface area contributed by atoms with Crippen LogP contribution in [0.4, 0.5) is 20.2 Å². The van der Waals surface area contributed by atoms with E-state index in [9.17, 15) is 23.2 Å². The number of nitrogens with zero attached hydrogens (tertiary/aromatic N) is 2. The molecule has 2 heterocycles. The number of H-pyrrole nitrogens is 1. The zero-order valence-electron chi connectivity index (χ0n) is 17.0. The van der Waals surface area contributed by atoms with Gasteiger partial charge in [0, 0.05) is 30.5 Å². The predicted molar refractivity (Wildman–Crippen MR) is 108 cm³/mol. The van der Waals surface area contributed by atoms with Crippen molar-refractivity contribution in [3.05, 3.63) is 56.4 Å². The number of carbonyl (C=O) groups excluding carboxylic acids is 1. The maximum absolute atomic E-state index is 13.5. The van der Waals surface area contributed by atoms with Crippen LogP contribution >= 0.6 is 0 Å². The van der Waals surface area contributed by atoms with Gasteiger partial charge in [-0.1, -0.05) is 13.8 Å². The van der Waals surface area contributed by atoms with Crippen molar-refractivity contribution in [2.45, 2.75) is 26.8 Å². The third kappa shape index (κ3) is 4.43. The van der Waals surface area contributed by atoms with Gasteiger partial charge in [0.05, 0.1) is 13.2 Å². The van der Waals surface area contributed by atoms with Crippen LogP contribution in [0.2, 0.25) is 0 Å². The Balaban J connectivity index is 2.04. The minimum atomic E-state index is -1.19. The number of halogens is 2. The standard InChI is InChI=1S/C20H24F2N4O4/c1-11(2)16(18(27)24-15-9-13(21)8-14(22)10-15)26-19(28)17(12(3)23-20(26)29)25-4-6-30-7-5-25/h8-11,16H,4-7H2,1-3H3,(H,23,29)(H,24,27). The molecule has 1 amide bonds. The maximum Gasteiger partial charge on any atom is 0.329 e. The first-order valence-corrected chi connectivity index (χ1v) is 9.64. The third-order valence-corrected chi connectivity index (χ3v) is 4.93. The van der Waals surface area contributed by atoms with Crippen LogP contribution in [0.1, 0.15) is 25.6 Å². The summed E-state index contributed by atoms with van der Waals surface area (Å²) in [5, 5.41) is 2.41. The van der Waals surface area contributed by atoms with E-state index in [-0.39, 0.29) is 5.69 Å². The molecule has 1 unspecified atom stereocenters. The number of amides is 1. The zero-order valence-corrected chi connectivity index (χ0v) is 17.0. The third-order valence-electron chi connectivity index (χ3n) is 4.93. The number of benzene rings is 1. The molecule has 1 saturated heterocycles. The summed E-state index contributed by atoms with van der Waals surface area (Å²) in [7, 11) is 0. The van der Waals surface area contributed by atoms with E-state index in [1.165, 1.54) is 0 Å². The lowest BCUT2D eigenvalue weighted by atomic mass is 10.0. The summed E-state index contributed by atoms with van der Waals surface area (Å²) in [4.78, 5) is 43.4. The number of aromatic amines is 1. The Morgan fingerprint density at radius 3 is 2.30 bits per heavy atom. The van der Waals surface area contributed by atoms with Crippen molar-refractivity contribution in [3.8, 4) is 0 Å². The average molecular weight is 422 g/mol. The molecule has 8 nitrogen and oxygen atoms in total. The molecule has 1 aromatic heterocycles. The molecule has 3 rings (SSSR count). The highest BCUT2D eigenvalue weighted by molar-refractivity contribution is 5.94. The summed E-state index contributed by atoms with van der Waals surface area (Å²) in [5.41, 5.74) is -0.731. The molecular weight excluding hydrogens is 398 g/mol. The summed E-state index contributed by atoms with van der Waals surface area (Å²) in [6.07, 6.45) is 0. The average Bonchev–Trinajstić information content (AvgIpc) is 2.64. The van der Waals surface area contributed by atoms with Crippen LogP contribution in [0.3, 0.4) is 0 Å². The first kappa shape index (κ1) is 21.7. The van der Waals surface area contributed by atoms with Crippen LogP contribution in [-0.4, -0.2) is 41.8 Å². The van der Waals surface area contributed by atoms with Gasteiger partial charge in [0.15, 0.2) is 0 Å². The first-order chi connectivity index (χ1) is 14.2. The van der Waals surface area contributed by atoms with Gasteiger partial charge in [-0.2, -0.15) is 0 Å². The van der Waals surface area contributed by atoms with Crippen molar-refractivity contribution in [1.29, 1.82) is 0 Å². The lowest BCUT2D eigenvalue weighted by molar-refractivity contribution is -0.120. The Labute approximate surface area is 171 Å². The molecule has 2 N–H and O–H groups in total. The molecule has 1 atom stereocenters. The van der Waals surface area contributed by atoms with Crippen molar-refractivity contribution >= 4 is 17.3 Å². The van der Waals surface area contributed by atoms with Crippen LogP contribution in [0.15, 0.2) is 27.8 Å². The number of rotatable bonds is 5. The number of hydrogen-bond acceptors (Lipinski definition) is 5. The molecule has 10 heteroatoms. The van der Waals surface area contributed by atoms with Crippen molar-refractivity contribution < 1.29 is 18.3 Å². The topological polar surface area (TPSA) is 96.4 Å². The summed E-state index contributed by atoms with van der Waals surface area (Å²) < 4.78 is 33.1. The second-order valence-corrected chi connectivity index (χ2v) is 7.51. The van der Waals surface area contributed by atoms with Gasteiger partial charge in [0.25, 0.3) is 5.56 Å². The second kappa shape index (κ2) is 8.78. The molecule has 0 aliphatic carbocycles. The van der Waals surface area contributed by atoms with Crippen LogP contribution in [0.25, 0.3) is 0 Å². The predicted octanol–water partition coefficient (Wildman–Crippen LogP) is 1.80. The fourth-order valence-corrected chi connectivity index (χ4v) is 3.62. The summed E-state index contributed by atoms with van der Waals surface area (Å²) >= 11 is 0. The van der Waals surface area contributed by atoms with E-state index < -0.39 is 40.8 Å². The van der Waals surface area contributed by atoms with Crippen molar-refractivity contribution in [2.75, 3.05) is 36.5 Å². The van der Waals surface area contributed by atoms with E-state index in [0.29, 0.717) is 43.8 Å². The van der Waals surface area contributed by atoms with E-state index in [2.05, 4.69) is 10.3 Å². The number of aromatic nitrogens is 2. The Morgan fingerprint density at radius 1 is 1.13 bits per heavy atom. The van der Waals surface area contributed by atoms with E-state index in [4.69, 9.17) is 4.74 Å². The summed E-state index contributed by atoms with van der Waals surface area (Å²) in [6, 6.07) is 1.41. The maximum atomic E-state index is 13.5. The highest BCUT2D eigenvalue weighted by Crippen LogP contribution is 2.21. The van der Waals surface area contributed by atoms with E-state index in [0.717, 1.165) is 16.7 Å². The first-order valence-electron chi connectivity index (χ1n) is 9.64. The summed E-state index contributed by atoms with van der Waals surface area (Å²) in [6.45, 7) is 6.81. The van der Waals surface area contributed by atoms with Gasteiger partial charge in [0.1, 0.15) is 23.4 Å². The van der Waals surface area contributed by atoms with Gasteiger partial charge >= 0.3 is 5.69 Å². The molecule has 162 valence electrons. The van der Waals surface area contributed by atoms with Crippen LogP contribution < -0.4 is 21.5 Å². The van der Waals surface area contributed by atoms with Crippen molar-refractivity contribution in [1.82, 2.24) is 9.55 Å². The van der Waals surface area contributed by atoms with Gasteiger partial charge in [-0.25, -0.2) is 18.1 Å². The van der Waals surface area contributed by atoms with Gasteiger partial charge in [-0.15, -0.1) is 0 Å². The molecule has 1 aliphatic rings. The van der Waals surface area contributed by atoms with Crippen molar-refractivity contribution in [2.24, 2.45) is 5.92 Å². The molecule has 1 aromatic carbocycles. The normalized spacial score (nSPS) is 15.3. The molecule has 0 spiro atoms. The molecule has 2 aromatic rings. The van der Waals surface area contributed by atoms with E-state index in [1.807, 2.05) is 4.90 Å².